The van der Waals surface area contributed by atoms with Gasteiger partial charge in [0.05, 0.1) is 17.3 Å². The van der Waals surface area contributed by atoms with E-state index in [1.807, 2.05) is 12.1 Å². The largest absolute Gasteiger partial charge is 0.416 e. The second-order valence-electron chi connectivity index (χ2n) is 4.61. The highest BCUT2D eigenvalue weighted by molar-refractivity contribution is 6.03. The average Bonchev–Trinajstić information content (AvgIpc) is 2.90. The molecule has 1 amide bonds. The predicted octanol–water partition coefficient (Wildman–Crippen LogP) is 3.61. The van der Waals surface area contributed by atoms with Crippen molar-refractivity contribution in [3.63, 3.8) is 0 Å². The Balaban J connectivity index is 1.83. The monoisotopic (exact) mass is 305 g/mol. The smallest absolute Gasteiger partial charge is 0.292 e. The van der Waals surface area contributed by atoms with E-state index in [4.69, 9.17) is 0 Å². The molecule has 22 heavy (non-hydrogen) atoms. The lowest BCUT2D eigenvalue weighted by Crippen LogP contribution is -2.14. The number of halogens is 3. The van der Waals surface area contributed by atoms with E-state index in [1.54, 1.807) is 22.9 Å². The number of hydrogen-bond acceptors (Lipinski definition) is 2. The van der Waals surface area contributed by atoms with Gasteiger partial charge in [-0.1, -0.05) is 6.07 Å². The lowest BCUT2D eigenvalue weighted by Gasteiger charge is -2.08. The molecule has 3 aromatic rings. The molecule has 0 atom stereocenters. The highest BCUT2D eigenvalue weighted by Crippen LogP contribution is 2.29. The summed E-state index contributed by atoms with van der Waals surface area (Å²) in [6, 6.07) is 9.45. The van der Waals surface area contributed by atoms with Crippen LogP contribution >= 0.6 is 0 Å². The Bertz CT molecular complexity index is 822. The highest BCUT2D eigenvalue weighted by Gasteiger charge is 2.30. The Labute approximate surface area is 123 Å². The summed E-state index contributed by atoms with van der Waals surface area (Å²) in [5.74, 6) is -0.217. The van der Waals surface area contributed by atoms with E-state index in [0.717, 1.165) is 29.8 Å². The molecular weight excluding hydrogens is 295 g/mol. The normalized spacial score (nSPS) is 11.6. The van der Waals surface area contributed by atoms with Gasteiger partial charge in [-0.05, 0) is 36.4 Å². The Morgan fingerprint density at radius 2 is 1.82 bits per heavy atom. The quantitative estimate of drug-likeness (QED) is 0.786. The van der Waals surface area contributed by atoms with Gasteiger partial charge in [-0.2, -0.15) is 13.2 Å². The van der Waals surface area contributed by atoms with E-state index in [-0.39, 0.29) is 5.56 Å². The van der Waals surface area contributed by atoms with Crippen molar-refractivity contribution in [2.24, 2.45) is 0 Å². The topological polar surface area (TPSA) is 46.4 Å². The van der Waals surface area contributed by atoms with Crippen molar-refractivity contribution >= 4 is 17.4 Å². The first kappa shape index (κ1) is 14.1. The standard InChI is InChI=1S/C15H10F3N3O/c16-15(17,18)11-6-4-10(5-7-11)13(22)20-14-19-9-12-3-1-2-8-21(12)14/h1-9H,(H,19,20,22). The number of nitrogens with one attached hydrogen (secondary N) is 1. The molecule has 112 valence electrons. The summed E-state index contributed by atoms with van der Waals surface area (Å²) >= 11 is 0. The van der Waals surface area contributed by atoms with E-state index in [9.17, 15) is 18.0 Å². The first-order chi connectivity index (χ1) is 10.4. The maximum absolute atomic E-state index is 12.5. The zero-order valence-electron chi connectivity index (χ0n) is 11.1. The molecule has 0 bridgehead atoms. The van der Waals surface area contributed by atoms with Crippen LogP contribution in [0.5, 0.6) is 0 Å². The van der Waals surface area contributed by atoms with Crippen molar-refractivity contribution in [3.8, 4) is 0 Å². The molecule has 3 rings (SSSR count). The molecule has 1 N–H and O–H groups in total. The molecule has 0 radical (unpaired) electrons. The van der Waals surface area contributed by atoms with Crippen LogP contribution in [-0.4, -0.2) is 15.3 Å². The first-order valence-corrected chi connectivity index (χ1v) is 6.36. The van der Waals surface area contributed by atoms with Gasteiger partial charge in [0.25, 0.3) is 5.91 Å². The van der Waals surface area contributed by atoms with E-state index in [2.05, 4.69) is 10.3 Å². The fourth-order valence-corrected chi connectivity index (χ4v) is 2.02. The molecule has 4 nitrogen and oxygen atoms in total. The Hall–Kier alpha value is -2.83. The van der Waals surface area contributed by atoms with Crippen LogP contribution in [0.2, 0.25) is 0 Å². The van der Waals surface area contributed by atoms with Gasteiger partial charge in [0.1, 0.15) is 0 Å². The number of carbonyl (C=O) groups excluding carboxylic acids is 1. The summed E-state index contributed by atoms with van der Waals surface area (Å²) in [5, 5.41) is 2.57. The number of amides is 1. The molecule has 0 aliphatic rings. The Morgan fingerprint density at radius 3 is 2.50 bits per heavy atom. The lowest BCUT2D eigenvalue weighted by molar-refractivity contribution is -0.137. The third-order valence-corrected chi connectivity index (χ3v) is 3.14. The van der Waals surface area contributed by atoms with Crippen molar-refractivity contribution < 1.29 is 18.0 Å². The minimum Gasteiger partial charge on any atom is -0.292 e. The van der Waals surface area contributed by atoms with Gasteiger partial charge >= 0.3 is 6.18 Å². The SMILES string of the molecule is O=C(Nc1ncc2ccccn12)c1ccc(C(F)(F)F)cc1. The summed E-state index contributed by atoms with van der Waals surface area (Å²) in [5.41, 5.74) is 0.126. The van der Waals surface area contributed by atoms with E-state index >= 15 is 0 Å². The molecular formula is C15H10F3N3O. The summed E-state index contributed by atoms with van der Waals surface area (Å²) in [6.07, 6.45) is -1.11. The number of pyridine rings is 1. The van der Waals surface area contributed by atoms with Crippen molar-refractivity contribution in [1.82, 2.24) is 9.38 Å². The van der Waals surface area contributed by atoms with Gasteiger partial charge in [0, 0.05) is 11.8 Å². The first-order valence-electron chi connectivity index (χ1n) is 6.36. The Kier molecular flexibility index (Phi) is 3.32. The fraction of sp³-hybridized carbons (Fsp3) is 0.0667. The van der Waals surface area contributed by atoms with Crippen LogP contribution in [0.1, 0.15) is 15.9 Å². The van der Waals surface area contributed by atoms with Crippen LogP contribution in [0.3, 0.4) is 0 Å². The predicted molar refractivity (Wildman–Crippen MR) is 74.6 cm³/mol. The molecule has 0 fully saturated rings. The molecule has 0 unspecified atom stereocenters. The Morgan fingerprint density at radius 1 is 1.09 bits per heavy atom. The van der Waals surface area contributed by atoms with Crippen LogP contribution in [0.4, 0.5) is 19.1 Å². The van der Waals surface area contributed by atoms with Gasteiger partial charge in [0.2, 0.25) is 5.95 Å². The molecule has 0 spiro atoms. The van der Waals surface area contributed by atoms with E-state index in [0.29, 0.717) is 5.95 Å². The van der Waals surface area contributed by atoms with Crippen LogP contribution in [0, 0.1) is 0 Å². The molecule has 0 saturated carbocycles. The number of nitrogens with zero attached hydrogens (tertiary/aromatic N) is 2. The summed E-state index contributed by atoms with van der Waals surface area (Å²) in [7, 11) is 0. The number of imidazole rings is 1. The molecule has 2 heterocycles. The van der Waals surface area contributed by atoms with E-state index < -0.39 is 17.6 Å². The van der Waals surface area contributed by atoms with Gasteiger partial charge < -0.3 is 0 Å². The fourth-order valence-electron chi connectivity index (χ4n) is 2.02. The van der Waals surface area contributed by atoms with E-state index in [1.165, 1.54) is 0 Å². The summed E-state index contributed by atoms with van der Waals surface area (Å²) < 4.78 is 39.1. The van der Waals surface area contributed by atoms with Crippen LogP contribution in [0.15, 0.2) is 54.9 Å². The average molecular weight is 305 g/mol. The molecule has 0 saturated heterocycles. The number of aromatic nitrogens is 2. The molecule has 1 aromatic carbocycles. The maximum Gasteiger partial charge on any atom is 0.416 e. The van der Waals surface area contributed by atoms with Crippen LogP contribution in [-0.2, 0) is 6.18 Å². The van der Waals surface area contributed by atoms with Gasteiger partial charge in [-0.15, -0.1) is 0 Å². The molecule has 0 aliphatic carbocycles. The third-order valence-electron chi connectivity index (χ3n) is 3.14. The second kappa shape index (κ2) is 5.18. The number of carbonyl (C=O) groups is 1. The zero-order chi connectivity index (χ0) is 15.7. The van der Waals surface area contributed by atoms with Crippen molar-refractivity contribution in [3.05, 3.63) is 66.0 Å². The van der Waals surface area contributed by atoms with Crippen LogP contribution < -0.4 is 5.32 Å². The van der Waals surface area contributed by atoms with Crippen molar-refractivity contribution in [2.45, 2.75) is 6.18 Å². The van der Waals surface area contributed by atoms with Crippen molar-refractivity contribution in [1.29, 1.82) is 0 Å². The van der Waals surface area contributed by atoms with Crippen molar-refractivity contribution in [2.75, 3.05) is 5.32 Å². The summed E-state index contributed by atoms with van der Waals surface area (Å²) in [4.78, 5) is 16.1. The second-order valence-corrected chi connectivity index (χ2v) is 4.61. The number of benzene rings is 1. The van der Waals surface area contributed by atoms with Crippen LogP contribution in [0.25, 0.3) is 5.52 Å². The number of anilines is 1. The minimum absolute atomic E-state index is 0.126. The number of alkyl halides is 3. The maximum atomic E-state index is 12.5. The van der Waals surface area contributed by atoms with Gasteiger partial charge in [-0.3, -0.25) is 14.5 Å². The molecule has 7 heteroatoms. The summed E-state index contributed by atoms with van der Waals surface area (Å²) in [6.45, 7) is 0. The lowest BCUT2D eigenvalue weighted by atomic mass is 10.1. The number of fused-ring (bicyclic) bond motifs is 1. The molecule has 0 aliphatic heterocycles. The minimum atomic E-state index is -4.42. The number of rotatable bonds is 2. The van der Waals surface area contributed by atoms with Gasteiger partial charge in [0.15, 0.2) is 0 Å². The highest BCUT2D eigenvalue weighted by atomic mass is 19.4. The van der Waals surface area contributed by atoms with Gasteiger partial charge in [-0.25, -0.2) is 4.98 Å². The number of hydrogen-bond donors (Lipinski definition) is 1. The third kappa shape index (κ3) is 2.65. The zero-order valence-corrected chi connectivity index (χ0v) is 11.1. The molecule has 2 aromatic heterocycles.